The molecule has 0 aliphatic carbocycles. The number of aryl methyl sites for hydroxylation is 1. The van der Waals surface area contributed by atoms with Crippen LogP contribution in [0, 0.1) is 6.92 Å². The van der Waals surface area contributed by atoms with E-state index < -0.39 is 11.0 Å². The minimum atomic E-state index is -1.14. The van der Waals surface area contributed by atoms with E-state index in [1.165, 1.54) is 11.1 Å². The zero-order valence-corrected chi connectivity index (χ0v) is 14.2. The number of hydrogen-bond acceptors (Lipinski definition) is 1. The monoisotopic (exact) mass is 301 g/mol. The molecule has 0 saturated heterocycles. The van der Waals surface area contributed by atoms with Crippen molar-refractivity contribution in [1.29, 1.82) is 0 Å². The second kappa shape index (κ2) is 6.44. The van der Waals surface area contributed by atoms with Crippen LogP contribution < -0.4 is 4.31 Å². The van der Waals surface area contributed by atoms with Gasteiger partial charge in [-0.25, -0.2) is 4.21 Å². The quantitative estimate of drug-likeness (QED) is 0.694. The third-order valence-electron chi connectivity index (χ3n) is 3.81. The first-order valence-electron chi connectivity index (χ1n) is 7.44. The van der Waals surface area contributed by atoms with E-state index in [0.717, 1.165) is 16.1 Å². The molecule has 0 amide bonds. The van der Waals surface area contributed by atoms with Crippen molar-refractivity contribution in [1.82, 2.24) is 0 Å². The highest BCUT2D eigenvalue weighted by Gasteiger charge is 2.27. The topological polar surface area (TPSA) is 20.3 Å². The Labute approximate surface area is 130 Å². The Morgan fingerprint density at radius 3 is 2.43 bits per heavy atom. The average Bonchev–Trinajstić information content (AvgIpc) is 2.61. The van der Waals surface area contributed by atoms with Crippen molar-refractivity contribution in [3.05, 3.63) is 59.2 Å². The Kier molecular flexibility index (Phi) is 4.84. The van der Waals surface area contributed by atoms with Gasteiger partial charge >= 0.3 is 0 Å². The number of nitrogens with zero attached hydrogens (tertiary/aromatic N) is 1. The van der Waals surface area contributed by atoms with Crippen LogP contribution in [0.1, 0.15) is 43.4 Å². The first-order chi connectivity index (χ1) is 10.1. The Bertz CT molecular complexity index is 666. The molecule has 0 N–H and O–H groups in total. The van der Waals surface area contributed by atoms with Crippen molar-refractivity contribution in [3.63, 3.8) is 0 Å². The molecule has 0 saturated carbocycles. The molecule has 2 atom stereocenters. The number of anilines is 1. The van der Waals surface area contributed by atoms with Gasteiger partial charge in [-0.2, -0.15) is 0 Å². The van der Waals surface area contributed by atoms with Crippen LogP contribution in [-0.4, -0.2) is 11.3 Å². The molecule has 2 unspecified atom stereocenters. The fraction of sp³-hybridized carbons (Fsp3) is 0.333. The van der Waals surface area contributed by atoms with Gasteiger partial charge in [-0.1, -0.05) is 51.1 Å². The van der Waals surface area contributed by atoms with E-state index in [-0.39, 0.29) is 5.92 Å². The maximum Gasteiger partial charge on any atom is 0.152 e. The lowest BCUT2D eigenvalue weighted by Crippen LogP contribution is -2.20. The van der Waals surface area contributed by atoms with Crippen molar-refractivity contribution >= 4 is 16.7 Å². The average molecular weight is 301 g/mol. The SMILES string of the molecule is CC.Cc1ccc2c(c1)S(=O)N(C)c1ccccc1C2C. The second-order valence-corrected chi connectivity index (χ2v) is 6.55. The van der Waals surface area contributed by atoms with E-state index in [4.69, 9.17) is 0 Å². The molecule has 0 radical (unpaired) electrons. The normalized spacial score (nSPS) is 19.8. The number of hydrogen-bond donors (Lipinski definition) is 0. The second-order valence-electron chi connectivity index (χ2n) is 5.07. The Morgan fingerprint density at radius 1 is 1.05 bits per heavy atom. The van der Waals surface area contributed by atoms with Crippen LogP contribution in [0.25, 0.3) is 0 Å². The van der Waals surface area contributed by atoms with E-state index in [2.05, 4.69) is 25.1 Å². The molecule has 0 spiro atoms. The summed E-state index contributed by atoms with van der Waals surface area (Å²) in [7, 11) is 0.766. The van der Waals surface area contributed by atoms with Crippen LogP contribution in [0.5, 0.6) is 0 Å². The zero-order chi connectivity index (χ0) is 15.6. The molecule has 0 fully saturated rings. The molecule has 1 aliphatic heterocycles. The largest absolute Gasteiger partial charge is 0.291 e. The molecule has 2 aromatic carbocycles. The van der Waals surface area contributed by atoms with Gasteiger partial charge in [0.25, 0.3) is 0 Å². The van der Waals surface area contributed by atoms with Crippen LogP contribution in [0.4, 0.5) is 5.69 Å². The molecule has 112 valence electrons. The molecule has 1 heterocycles. The molecule has 3 heteroatoms. The summed E-state index contributed by atoms with van der Waals surface area (Å²) in [6, 6.07) is 14.5. The highest BCUT2D eigenvalue weighted by molar-refractivity contribution is 7.86. The van der Waals surface area contributed by atoms with Crippen molar-refractivity contribution in [2.24, 2.45) is 0 Å². The number of benzene rings is 2. The van der Waals surface area contributed by atoms with Gasteiger partial charge in [-0.15, -0.1) is 0 Å². The highest BCUT2D eigenvalue weighted by atomic mass is 32.2. The maximum absolute atomic E-state index is 12.7. The number of rotatable bonds is 0. The minimum Gasteiger partial charge on any atom is -0.291 e. The van der Waals surface area contributed by atoms with Crippen molar-refractivity contribution in [2.75, 3.05) is 11.4 Å². The van der Waals surface area contributed by atoms with Gasteiger partial charge in [0.05, 0.1) is 10.6 Å². The van der Waals surface area contributed by atoms with E-state index in [9.17, 15) is 4.21 Å². The van der Waals surface area contributed by atoms with E-state index in [1.54, 1.807) is 0 Å². The third-order valence-corrected chi connectivity index (χ3v) is 5.24. The minimum absolute atomic E-state index is 0.265. The summed E-state index contributed by atoms with van der Waals surface area (Å²) in [5.74, 6) is 0.265. The first kappa shape index (κ1) is 15.8. The molecule has 3 rings (SSSR count). The molecule has 2 aromatic rings. The van der Waals surface area contributed by atoms with Gasteiger partial charge in [-0.3, -0.25) is 4.31 Å². The Morgan fingerprint density at radius 2 is 1.71 bits per heavy atom. The molecular weight excluding hydrogens is 278 g/mol. The molecule has 0 bridgehead atoms. The lowest BCUT2D eigenvalue weighted by Gasteiger charge is -2.18. The van der Waals surface area contributed by atoms with E-state index >= 15 is 0 Å². The van der Waals surface area contributed by atoms with Gasteiger partial charge in [0, 0.05) is 13.0 Å². The first-order valence-corrected chi connectivity index (χ1v) is 8.55. The van der Waals surface area contributed by atoms with Crippen molar-refractivity contribution < 1.29 is 4.21 Å². The third kappa shape index (κ3) is 2.75. The van der Waals surface area contributed by atoms with Crippen LogP contribution in [-0.2, 0) is 11.0 Å². The van der Waals surface area contributed by atoms with Gasteiger partial charge in [0.1, 0.15) is 0 Å². The molecule has 0 aromatic heterocycles. The number of para-hydroxylation sites is 1. The van der Waals surface area contributed by atoms with Crippen LogP contribution in [0.15, 0.2) is 47.4 Å². The van der Waals surface area contributed by atoms with Crippen molar-refractivity contribution in [2.45, 2.75) is 38.5 Å². The predicted octanol–water partition coefficient (Wildman–Crippen LogP) is 4.65. The maximum atomic E-state index is 12.7. The smallest absolute Gasteiger partial charge is 0.152 e. The fourth-order valence-electron chi connectivity index (χ4n) is 2.70. The summed E-state index contributed by atoms with van der Waals surface area (Å²) in [4.78, 5) is 0.936. The van der Waals surface area contributed by atoms with Crippen molar-refractivity contribution in [3.8, 4) is 0 Å². The van der Waals surface area contributed by atoms with E-state index in [1.807, 2.05) is 56.4 Å². The highest BCUT2D eigenvalue weighted by Crippen LogP contribution is 2.39. The van der Waals surface area contributed by atoms with Crippen LogP contribution in [0.3, 0.4) is 0 Å². The van der Waals surface area contributed by atoms with E-state index in [0.29, 0.717) is 0 Å². The molecule has 21 heavy (non-hydrogen) atoms. The number of fused-ring (bicyclic) bond motifs is 2. The summed E-state index contributed by atoms with van der Waals surface area (Å²) in [6.07, 6.45) is 0. The Balaban J connectivity index is 0.000000774. The zero-order valence-electron chi connectivity index (χ0n) is 13.4. The standard InChI is InChI=1S/C16H17NOS.C2H6/c1-11-8-9-14-12(2)13-6-4-5-7-15(13)17(3)19(18)16(14)10-11;1-2/h4-10,12H,1-3H3;1-2H3. The predicted molar refractivity (Wildman–Crippen MR) is 91.3 cm³/mol. The molecule has 1 aliphatic rings. The lowest BCUT2D eigenvalue weighted by molar-refractivity contribution is 0.681. The van der Waals surface area contributed by atoms with Crippen LogP contribution in [0.2, 0.25) is 0 Å². The fourth-order valence-corrected chi connectivity index (χ4v) is 4.07. The van der Waals surface area contributed by atoms with Gasteiger partial charge in [0.15, 0.2) is 11.0 Å². The van der Waals surface area contributed by atoms with Gasteiger partial charge in [0.2, 0.25) is 0 Å². The lowest BCUT2D eigenvalue weighted by atomic mass is 9.91. The summed E-state index contributed by atoms with van der Waals surface area (Å²) in [5.41, 5.74) is 4.61. The summed E-state index contributed by atoms with van der Waals surface area (Å²) < 4.78 is 14.6. The summed E-state index contributed by atoms with van der Waals surface area (Å²) in [5, 5.41) is 0. The Hall–Kier alpha value is -1.61. The van der Waals surface area contributed by atoms with Gasteiger partial charge in [-0.05, 0) is 35.7 Å². The summed E-state index contributed by atoms with van der Waals surface area (Å²) >= 11 is 0. The molecule has 2 nitrogen and oxygen atoms in total. The van der Waals surface area contributed by atoms with Gasteiger partial charge < -0.3 is 0 Å². The molecular formula is C18H23NOS. The summed E-state index contributed by atoms with van der Waals surface area (Å²) in [6.45, 7) is 8.23. The van der Waals surface area contributed by atoms with Crippen LogP contribution >= 0.6 is 0 Å².